The number of halogens is 1. The van der Waals surface area contributed by atoms with Crippen LogP contribution in [0.15, 0.2) is 42.5 Å². The number of carbonyl (C=O) groups excluding carboxylic acids is 1. The highest BCUT2D eigenvalue weighted by atomic mass is 35.5. The molecule has 1 saturated carbocycles. The molecule has 4 rings (SSSR count). The fourth-order valence-corrected chi connectivity index (χ4v) is 4.76. The molecule has 1 aliphatic rings. The highest BCUT2D eigenvalue weighted by molar-refractivity contribution is 6.31. The summed E-state index contributed by atoms with van der Waals surface area (Å²) in [5.41, 5.74) is 3.87. The van der Waals surface area contributed by atoms with Gasteiger partial charge >= 0.3 is 0 Å². The molecule has 0 bridgehead atoms. The summed E-state index contributed by atoms with van der Waals surface area (Å²) in [6.07, 6.45) is 4.78. The van der Waals surface area contributed by atoms with Gasteiger partial charge in [-0.25, -0.2) is 4.98 Å². The Labute approximate surface area is 183 Å². The van der Waals surface area contributed by atoms with Crippen molar-refractivity contribution in [1.29, 1.82) is 0 Å². The topological polar surface area (TPSA) is 38.1 Å². The summed E-state index contributed by atoms with van der Waals surface area (Å²) >= 11 is 6.32. The second-order valence-corrected chi connectivity index (χ2v) is 9.35. The lowest BCUT2D eigenvalue weighted by Crippen LogP contribution is -2.35. The monoisotopic (exact) mass is 423 g/mol. The van der Waals surface area contributed by atoms with E-state index < -0.39 is 0 Å². The number of carbonyl (C=O) groups is 1. The van der Waals surface area contributed by atoms with Crippen LogP contribution in [0.1, 0.15) is 67.3 Å². The molecule has 30 heavy (non-hydrogen) atoms. The molecule has 158 valence electrons. The Morgan fingerprint density at radius 1 is 1.20 bits per heavy atom. The first kappa shape index (κ1) is 20.9. The molecule has 1 aromatic heterocycles. The fourth-order valence-electron chi connectivity index (χ4n) is 4.59. The van der Waals surface area contributed by atoms with E-state index in [1.807, 2.05) is 54.3 Å². The number of rotatable bonds is 6. The van der Waals surface area contributed by atoms with Gasteiger partial charge in [0, 0.05) is 23.2 Å². The van der Waals surface area contributed by atoms with Crippen molar-refractivity contribution in [2.24, 2.45) is 5.92 Å². The maximum absolute atomic E-state index is 13.4. The van der Waals surface area contributed by atoms with Crippen LogP contribution in [-0.2, 0) is 6.54 Å². The molecular weight excluding hydrogens is 394 g/mol. The molecule has 0 spiro atoms. The summed E-state index contributed by atoms with van der Waals surface area (Å²) in [5, 5.41) is 0.725. The predicted octanol–water partition coefficient (Wildman–Crippen LogP) is 6.41. The number of hydrogen-bond donors (Lipinski definition) is 0. The Morgan fingerprint density at radius 3 is 2.67 bits per heavy atom. The lowest BCUT2D eigenvalue weighted by Gasteiger charge is -2.26. The first-order valence-corrected chi connectivity index (χ1v) is 11.3. The highest BCUT2D eigenvalue weighted by Gasteiger charge is 2.26. The minimum absolute atomic E-state index is 0.0652. The van der Waals surface area contributed by atoms with Gasteiger partial charge in [-0.1, -0.05) is 56.0 Å². The Hall–Kier alpha value is -2.33. The number of hydrogen-bond acceptors (Lipinski definition) is 2. The minimum Gasteiger partial charge on any atom is -0.331 e. The molecule has 1 fully saturated rings. The molecule has 0 saturated heterocycles. The predicted molar refractivity (Wildman–Crippen MR) is 123 cm³/mol. The van der Waals surface area contributed by atoms with E-state index in [9.17, 15) is 4.79 Å². The molecule has 2 aromatic carbocycles. The van der Waals surface area contributed by atoms with Gasteiger partial charge in [0.15, 0.2) is 0 Å². The summed E-state index contributed by atoms with van der Waals surface area (Å²) in [4.78, 5) is 20.3. The molecule has 0 unspecified atom stereocenters. The summed E-state index contributed by atoms with van der Waals surface area (Å²) in [5.74, 6) is 1.40. The molecule has 1 aliphatic carbocycles. The van der Waals surface area contributed by atoms with Crippen molar-refractivity contribution in [1.82, 2.24) is 14.5 Å². The van der Waals surface area contributed by atoms with Gasteiger partial charge in [0.25, 0.3) is 5.91 Å². The third-order valence-electron chi connectivity index (χ3n) is 5.88. The van der Waals surface area contributed by atoms with Crippen molar-refractivity contribution in [2.75, 3.05) is 6.54 Å². The normalized spacial score (nSPS) is 14.7. The van der Waals surface area contributed by atoms with Crippen molar-refractivity contribution >= 4 is 28.5 Å². The average Bonchev–Trinajstić information content (AvgIpc) is 3.33. The molecule has 4 nitrogen and oxygen atoms in total. The van der Waals surface area contributed by atoms with E-state index in [1.165, 1.54) is 12.8 Å². The van der Waals surface area contributed by atoms with E-state index in [0.717, 1.165) is 45.8 Å². The summed E-state index contributed by atoms with van der Waals surface area (Å²) < 4.78 is 2.35. The summed E-state index contributed by atoms with van der Waals surface area (Å²) in [7, 11) is 0. The van der Waals surface area contributed by atoms with Gasteiger partial charge in [-0.2, -0.15) is 0 Å². The van der Waals surface area contributed by atoms with Crippen LogP contribution < -0.4 is 0 Å². The van der Waals surface area contributed by atoms with E-state index in [2.05, 4.69) is 18.4 Å². The molecule has 1 heterocycles. The average molecular weight is 424 g/mol. The van der Waals surface area contributed by atoms with Crippen molar-refractivity contribution in [3.05, 3.63) is 64.4 Å². The van der Waals surface area contributed by atoms with E-state index in [-0.39, 0.29) is 5.91 Å². The van der Waals surface area contributed by atoms with Crippen molar-refractivity contribution in [3.63, 3.8) is 0 Å². The number of imidazole rings is 1. The van der Waals surface area contributed by atoms with Crippen LogP contribution in [0.3, 0.4) is 0 Å². The number of nitrogens with zero attached hydrogens (tertiary/aromatic N) is 3. The summed E-state index contributed by atoms with van der Waals surface area (Å²) in [6, 6.07) is 14.2. The zero-order valence-electron chi connectivity index (χ0n) is 18.1. The van der Waals surface area contributed by atoms with Crippen LogP contribution in [0.2, 0.25) is 5.02 Å². The number of aryl methyl sites for hydroxylation is 1. The lowest BCUT2D eigenvalue weighted by atomic mass is 10.1. The van der Waals surface area contributed by atoms with Gasteiger partial charge in [-0.15, -0.1) is 0 Å². The second kappa shape index (κ2) is 8.81. The van der Waals surface area contributed by atoms with Crippen LogP contribution in [-0.4, -0.2) is 26.9 Å². The van der Waals surface area contributed by atoms with Gasteiger partial charge in [-0.3, -0.25) is 4.79 Å². The van der Waals surface area contributed by atoms with Gasteiger partial charge in [0.1, 0.15) is 5.82 Å². The second-order valence-electron chi connectivity index (χ2n) is 8.92. The minimum atomic E-state index is 0.0652. The number of benzene rings is 2. The third-order valence-corrected chi connectivity index (χ3v) is 6.12. The lowest BCUT2D eigenvalue weighted by molar-refractivity contribution is 0.0715. The van der Waals surface area contributed by atoms with E-state index >= 15 is 0 Å². The molecule has 0 radical (unpaired) electrons. The SMILES string of the molecule is Cc1cccc(C(=O)N(Cc2nc3ccc(Cl)cc3n2C2CCCC2)CC(C)C)c1. The number of fused-ring (bicyclic) bond motifs is 1. The fraction of sp³-hybridized carbons (Fsp3) is 0.440. The number of aromatic nitrogens is 2. The molecule has 5 heteroatoms. The Balaban J connectivity index is 1.73. The smallest absolute Gasteiger partial charge is 0.254 e. The van der Waals surface area contributed by atoms with Crippen LogP contribution in [0.4, 0.5) is 0 Å². The first-order chi connectivity index (χ1) is 14.4. The van der Waals surface area contributed by atoms with Crippen molar-refractivity contribution in [2.45, 2.75) is 59.0 Å². The molecule has 0 aliphatic heterocycles. The van der Waals surface area contributed by atoms with Gasteiger partial charge in [0.2, 0.25) is 0 Å². The largest absolute Gasteiger partial charge is 0.331 e. The van der Waals surface area contributed by atoms with E-state index in [0.29, 0.717) is 25.0 Å². The maximum atomic E-state index is 13.4. The highest BCUT2D eigenvalue weighted by Crippen LogP contribution is 2.35. The van der Waals surface area contributed by atoms with Crippen LogP contribution in [0.25, 0.3) is 11.0 Å². The standard InChI is InChI=1S/C25H30ClN3O/c1-17(2)15-28(25(30)19-8-6-7-18(3)13-19)16-24-27-22-12-11-20(26)14-23(22)29(24)21-9-4-5-10-21/h6-8,11-14,17,21H,4-5,9-10,15-16H2,1-3H3. The first-order valence-electron chi connectivity index (χ1n) is 10.9. The van der Waals surface area contributed by atoms with Crippen LogP contribution in [0, 0.1) is 12.8 Å². The van der Waals surface area contributed by atoms with E-state index in [4.69, 9.17) is 16.6 Å². The Kier molecular flexibility index (Phi) is 6.14. The van der Waals surface area contributed by atoms with Crippen molar-refractivity contribution in [3.8, 4) is 0 Å². The van der Waals surface area contributed by atoms with Crippen molar-refractivity contribution < 1.29 is 4.79 Å². The quantitative estimate of drug-likeness (QED) is 0.459. The Morgan fingerprint density at radius 2 is 1.97 bits per heavy atom. The van der Waals surface area contributed by atoms with Gasteiger partial charge in [0.05, 0.1) is 17.6 Å². The summed E-state index contributed by atoms with van der Waals surface area (Å²) in [6.45, 7) is 7.52. The van der Waals surface area contributed by atoms with Crippen LogP contribution in [0.5, 0.6) is 0 Å². The maximum Gasteiger partial charge on any atom is 0.254 e. The number of amides is 1. The molecule has 3 aromatic rings. The van der Waals surface area contributed by atoms with E-state index in [1.54, 1.807) is 0 Å². The van der Waals surface area contributed by atoms with Gasteiger partial charge < -0.3 is 9.47 Å². The third kappa shape index (κ3) is 4.39. The Bertz CT molecular complexity index is 1050. The molecule has 0 atom stereocenters. The zero-order chi connectivity index (χ0) is 21.3. The molecular formula is C25H30ClN3O. The van der Waals surface area contributed by atoms with Crippen LogP contribution >= 0.6 is 11.6 Å². The molecule has 0 N–H and O–H groups in total. The molecule has 1 amide bonds. The van der Waals surface area contributed by atoms with Gasteiger partial charge in [-0.05, 0) is 56.0 Å². The zero-order valence-corrected chi connectivity index (χ0v) is 18.8.